The van der Waals surface area contributed by atoms with Gasteiger partial charge in [0.25, 0.3) is 0 Å². The van der Waals surface area contributed by atoms with Crippen LogP contribution in [0.4, 0.5) is 0 Å². The van der Waals surface area contributed by atoms with Gasteiger partial charge in [0, 0.05) is 0 Å². The van der Waals surface area contributed by atoms with Crippen molar-refractivity contribution in [3.63, 3.8) is 0 Å². The van der Waals surface area contributed by atoms with Crippen molar-refractivity contribution in [2.45, 2.75) is 0 Å². The summed E-state index contributed by atoms with van der Waals surface area (Å²) in [5.74, 6) is 0.170. The standard InChI is InChI=1S/C9H11BO3/c1-12-8-5-6(10)3-4-7(8)9(11)13-2/h3-5H,10H2,1-2H3. The molecular weight excluding hydrogens is 167 g/mol. The summed E-state index contributed by atoms with van der Waals surface area (Å²) >= 11 is 0. The van der Waals surface area contributed by atoms with Crippen LogP contribution in [0.1, 0.15) is 10.4 Å². The van der Waals surface area contributed by atoms with Gasteiger partial charge in [-0.15, -0.1) is 0 Å². The van der Waals surface area contributed by atoms with E-state index in [1.165, 1.54) is 14.2 Å². The molecule has 4 heteroatoms. The molecule has 0 aliphatic heterocycles. The molecule has 1 aromatic carbocycles. The summed E-state index contributed by atoms with van der Waals surface area (Å²) in [5, 5.41) is 0. The lowest BCUT2D eigenvalue weighted by molar-refractivity contribution is 0.0597. The third-order valence-electron chi connectivity index (χ3n) is 1.76. The largest absolute Gasteiger partial charge is 0.496 e. The second kappa shape index (κ2) is 3.98. The summed E-state index contributed by atoms with van der Waals surface area (Å²) in [6, 6.07) is 5.33. The molecule has 0 saturated carbocycles. The average molecular weight is 178 g/mol. The van der Waals surface area contributed by atoms with Crippen LogP contribution in [0.2, 0.25) is 0 Å². The highest BCUT2D eigenvalue weighted by molar-refractivity contribution is 6.32. The Morgan fingerprint density at radius 3 is 2.62 bits per heavy atom. The Hall–Kier alpha value is -1.45. The van der Waals surface area contributed by atoms with Crippen LogP contribution in [0, 0.1) is 0 Å². The average Bonchev–Trinajstić information content (AvgIpc) is 2.16. The minimum absolute atomic E-state index is 0.378. The van der Waals surface area contributed by atoms with Crippen LogP contribution in [0.3, 0.4) is 0 Å². The SMILES string of the molecule is Bc1ccc(C(=O)OC)c(OC)c1. The molecule has 0 fully saturated rings. The third kappa shape index (κ3) is 2.02. The summed E-state index contributed by atoms with van der Waals surface area (Å²) in [7, 11) is 4.81. The van der Waals surface area contributed by atoms with Gasteiger partial charge in [-0.3, -0.25) is 0 Å². The molecule has 0 radical (unpaired) electrons. The van der Waals surface area contributed by atoms with Gasteiger partial charge in [-0.05, 0) is 12.1 Å². The van der Waals surface area contributed by atoms with Crippen molar-refractivity contribution in [2.75, 3.05) is 14.2 Å². The highest BCUT2D eigenvalue weighted by Gasteiger charge is 2.11. The molecule has 0 aromatic heterocycles. The quantitative estimate of drug-likeness (QED) is 0.462. The van der Waals surface area contributed by atoms with Crippen LogP contribution in [0.25, 0.3) is 0 Å². The van der Waals surface area contributed by atoms with E-state index in [1.807, 2.05) is 13.9 Å². The molecule has 0 bridgehead atoms. The fourth-order valence-electron chi connectivity index (χ4n) is 1.08. The fourth-order valence-corrected chi connectivity index (χ4v) is 1.08. The highest BCUT2D eigenvalue weighted by atomic mass is 16.5. The van der Waals surface area contributed by atoms with Crippen molar-refractivity contribution in [2.24, 2.45) is 0 Å². The Balaban J connectivity index is 3.13. The number of esters is 1. The van der Waals surface area contributed by atoms with Crippen LogP contribution in [0.15, 0.2) is 18.2 Å². The maximum atomic E-state index is 11.2. The summed E-state index contributed by atoms with van der Waals surface area (Å²) in [5.41, 5.74) is 1.50. The number of rotatable bonds is 2. The summed E-state index contributed by atoms with van der Waals surface area (Å²) in [4.78, 5) is 11.2. The maximum Gasteiger partial charge on any atom is 0.341 e. The minimum Gasteiger partial charge on any atom is -0.496 e. The van der Waals surface area contributed by atoms with Gasteiger partial charge in [-0.1, -0.05) is 11.5 Å². The van der Waals surface area contributed by atoms with Crippen molar-refractivity contribution in [1.82, 2.24) is 0 Å². The summed E-state index contributed by atoms with van der Waals surface area (Å²) < 4.78 is 9.65. The van der Waals surface area contributed by atoms with Crippen LogP contribution < -0.4 is 10.2 Å². The monoisotopic (exact) mass is 178 g/mol. The van der Waals surface area contributed by atoms with Gasteiger partial charge in [0.05, 0.1) is 14.2 Å². The van der Waals surface area contributed by atoms with Crippen LogP contribution in [-0.2, 0) is 4.74 Å². The maximum absolute atomic E-state index is 11.2. The van der Waals surface area contributed by atoms with Crippen LogP contribution in [-0.4, -0.2) is 28.0 Å². The first kappa shape index (κ1) is 9.64. The Bertz CT molecular complexity index is 323. The molecular formula is C9H11BO3. The second-order valence-electron chi connectivity index (χ2n) is 2.70. The first-order chi connectivity index (χ1) is 6.19. The molecule has 13 heavy (non-hydrogen) atoms. The van der Waals surface area contributed by atoms with E-state index in [0.717, 1.165) is 5.46 Å². The Morgan fingerprint density at radius 1 is 1.38 bits per heavy atom. The lowest BCUT2D eigenvalue weighted by atomic mass is 9.94. The smallest absolute Gasteiger partial charge is 0.341 e. The van der Waals surface area contributed by atoms with Gasteiger partial charge in [-0.25, -0.2) is 4.79 Å². The highest BCUT2D eigenvalue weighted by Crippen LogP contribution is 2.16. The van der Waals surface area contributed by atoms with Crippen molar-refractivity contribution >= 4 is 19.3 Å². The summed E-state index contributed by atoms with van der Waals surface area (Å²) in [6.07, 6.45) is 0. The number of ether oxygens (including phenoxy) is 2. The van der Waals surface area contributed by atoms with Crippen LogP contribution >= 0.6 is 0 Å². The zero-order valence-corrected chi connectivity index (χ0v) is 7.96. The van der Waals surface area contributed by atoms with Gasteiger partial charge < -0.3 is 9.47 Å². The lowest BCUT2D eigenvalue weighted by Crippen LogP contribution is -2.09. The number of methoxy groups -OCH3 is 2. The predicted molar refractivity (Wildman–Crippen MR) is 52.5 cm³/mol. The molecule has 3 nitrogen and oxygen atoms in total. The molecule has 0 saturated heterocycles. The first-order valence-corrected chi connectivity index (χ1v) is 3.92. The van der Waals surface area contributed by atoms with E-state index >= 15 is 0 Å². The van der Waals surface area contributed by atoms with Crippen molar-refractivity contribution < 1.29 is 14.3 Å². The molecule has 0 aliphatic carbocycles. The van der Waals surface area contributed by atoms with Gasteiger partial charge in [-0.2, -0.15) is 0 Å². The molecule has 0 N–H and O–H groups in total. The Labute approximate surface area is 78.1 Å². The molecule has 0 aliphatic rings. The molecule has 0 amide bonds. The predicted octanol–water partition coefficient (Wildman–Crippen LogP) is -0.260. The number of benzene rings is 1. The molecule has 0 unspecified atom stereocenters. The minimum atomic E-state index is -0.378. The normalized spacial score (nSPS) is 9.38. The van der Waals surface area contributed by atoms with E-state index in [0.29, 0.717) is 11.3 Å². The third-order valence-corrected chi connectivity index (χ3v) is 1.76. The Kier molecular flexibility index (Phi) is 2.95. The zero-order valence-electron chi connectivity index (χ0n) is 7.96. The van der Waals surface area contributed by atoms with E-state index in [-0.39, 0.29) is 5.97 Å². The second-order valence-corrected chi connectivity index (χ2v) is 2.70. The van der Waals surface area contributed by atoms with Crippen LogP contribution in [0.5, 0.6) is 5.75 Å². The number of carbonyl (C=O) groups is 1. The Morgan fingerprint density at radius 2 is 2.08 bits per heavy atom. The number of hydrogen-bond donors (Lipinski definition) is 0. The molecule has 1 rings (SSSR count). The van der Waals surface area contributed by atoms with Crippen molar-refractivity contribution in [3.05, 3.63) is 23.8 Å². The van der Waals surface area contributed by atoms with Gasteiger partial charge in [0.15, 0.2) is 0 Å². The molecule has 0 spiro atoms. The van der Waals surface area contributed by atoms with E-state index in [1.54, 1.807) is 12.1 Å². The number of hydrogen-bond acceptors (Lipinski definition) is 3. The molecule has 0 atom stereocenters. The topological polar surface area (TPSA) is 35.5 Å². The van der Waals surface area contributed by atoms with Gasteiger partial charge in [0.2, 0.25) is 0 Å². The van der Waals surface area contributed by atoms with Gasteiger partial charge >= 0.3 is 5.97 Å². The molecule has 1 aromatic rings. The lowest BCUT2D eigenvalue weighted by Gasteiger charge is -2.06. The summed E-state index contributed by atoms with van der Waals surface area (Å²) in [6.45, 7) is 0. The van der Waals surface area contributed by atoms with E-state index in [9.17, 15) is 4.79 Å². The zero-order chi connectivity index (χ0) is 9.84. The molecule has 68 valence electrons. The molecule has 0 heterocycles. The number of carbonyl (C=O) groups excluding carboxylic acids is 1. The van der Waals surface area contributed by atoms with E-state index in [2.05, 4.69) is 4.74 Å². The van der Waals surface area contributed by atoms with E-state index < -0.39 is 0 Å². The van der Waals surface area contributed by atoms with Crippen molar-refractivity contribution in [1.29, 1.82) is 0 Å². The van der Waals surface area contributed by atoms with Crippen molar-refractivity contribution in [3.8, 4) is 5.75 Å². The van der Waals surface area contributed by atoms with E-state index in [4.69, 9.17) is 4.74 Å². The first-order valence-electron chi connectivity index (χ1n) is 3.92. The fraction of sp³-hybridized carbons (Fsp3) is 0.222. The van der Waals surface area contributed by atoms with Gasteiger partial charge in [0.1, 0.15) is 19.2 Å².